The summed E-state index contributed by atoms with van der Waals surface area (Å²) in [6.45, 7) is 4.63. The third kappa shape index (κ3) is 3.10. The zero-order chi connectivity index (χ0) is 15.6. The van der Waals surface area contributed by atoms with Crippen molar-refractivity contribution < 1.29 is 9.72 Å². The lowest BCUT2D eigenvalue weighted by molar-refractivity contribution is -0.565. The Bertz CT molecular complexity index is 691. The van der Waals surface area contributed by atoms with E-state index in [9.17, 15) is 14.9 Å². The van der Waals surface area contributed by atoms with Gasteiger partial charge in [-0.15, -0.1) is 0 Å². The molecule has 0 aliphatic carbocycles. The van der Waals surface area contributed by atoms with Gasteiger partial charge in [0, 0.05) is 25.2 Å². The summed E-state index contributed by atoms with van der Waals surface area (Å²) in [5.41, 5.74) is -0.348. The normalized spacial score (nSPS) is 13.1. The number of Topliss-reactive ketones (excluding diaryl/α,β-unsaturated/α-hetero) is 1. The van der Waals surface area contributed by atoms with Crippen LogP contribution in [0, 0.1) is 10.1 Å². The van der Waals surface area contributed by atoms with Crippen LogP contribution in [-0.4, -0.2) is 16.2 Å². The summed E-state index contributed by atoms with van der Waals surface area (Å²) in [5, 5.41) is 13.5. The second-order valence-corrected chi connectivity index (χ2v) is 5.98. The minimum Gasteiger partial charge on any atom is -0.300 e. The molecule has 2 aromatic carbocycles. The van der Waals surface area contributed by atoms with Crippen molar-refractivity contribution in [2.75, 3.05) is 0 Å². The molecule has 0 fully saturated rings. The van der Waals surface area contributed by atoms with Crippen molar-refractivity contribution in [2.45, 2.75) is 38.6 Å². The topological polar surface area (TPSA) is 60.2 Å². The monoisotopic (exact) mass is 285 g/mol. The molecule has 1 atom stereocenters. The smallest absolute Gasteiger partial charge is 0.223 e. The lowest BCUT2D eigenvalue weighted by atomic mass is 9.78. The Morgan fingerprint density at radius 3 is 2.38 bits per heavy atom. The lowest BCUT2D eigenvalue weighted by Gasteiger charge is -2.26. The van der Waals surface area contributed by atoms with Crippen molar-refractivity contribution >= 4 is 16.6 Å². The number of nitrogens with zero attached hydrogens (tertiary/aromatic N) is 1. The number of fused-ring (bicyclic) bond motifs is 1. The first kappa shape index (κ1) is 15.2. The van der Waals surface area contributed by atoms with Crippen molar-refractivity contribution in [1.29, 1.82) is 0 Å². The molecular weight excluding hydrogens is 266 g/mol. The van der Waals surface area contributed by atoms with Crippen molar-refractivity contribution in [1.82, 2.24) is 0 Å². The number of rotatable bonds is 5. The quantitative estimate of drug-likeness (QED) is 0.617. The van der Waals surface area contributed by atoms with Crippen LogP contribution in [-0.2, 0) is 4.79 Å². The van der Waals surface area contributed by atoms with E-state index < -0.39 is 11.5 Å². The van der Waals surface area contributed by atoms with Crippen LogP contribution in [0.4, 0.5) is 0 Å². The molecule has 4 nitrogen and oxygen atoms in total. The highest BCUT2D eigenvalue weighted by Crippen LogP contribution is 2.35. The number of carbonyl (C=O) groups is 1. The molecule has 110 valence electrons. The van der Waals surface area contributed by atoms with Crippen LogP contribution >= 0.6 is 0 Å². The first-order valence-corrected chi connectivity index (χ1v) is 6.95. The Hall–Kier alpha value is -2.23. The van der Waals surface area contributed by atoms with Crippen LogP contribution in [0.2, 0.25) is 0 Å². The molecular formula is C17H19NO3. The summed E-state index contributed by atoms with van der Waals surface area (Å²) >= 11 is 0. The maximum absolute atomic E-state index is 11.5. The number of carbonyl (C=O) groups excluding carboxylic acids is 1. The van der Waals surface area contributed by atoms with E-state index in [-0.39, 0.29) is 17.1 Å². The molecule has 0 saturated carbocycles. The minimum atomic E-state index is -1.19. The fraction of sp³-hybridized carbons (Fsp3) is 0.353. The third-order valence-corrected chi connectivity index (χ3v) is 3.99. The second-order valence-electron chi connectivity index (χ2n) is 5.98. The van der Waals surface area contributed by atoms with E-state index in [1.54, 1.807) is 13.8 Å². The SMILES string of the molecule is CC(=O)CC(c1ccc2ccccc2c1)C(C)(C)[N+](=O)[O-]. The van der Waals surface area contributed by atoms with Crippen LogP contribution in [0.15, 0.2) is 42.5 Å². The molecule has 0 N–H and O–H groups in total. The van der Waals surface area contributed by atoms with Gasteiger partial charge in [0.15, 0.2) is 0 Å². The van der Waals surface area contributed by atoms with Crippen LogP contribution in [0.1, 0.15) is 38.7 Å². The van der Waals surface area contributed by atoms with E-state index in [0.29, 0.717) is 0 Å². The number of benzene rings is 2. The summed E-state index contributed by atoms with van der Waals surface area (Å²) in [7, 11) is 0. The maximum atomic E-state index is 11.5. The van der Waals surface area contributed by atoms with Gasteiger partial charge < -0.3 is 4.79 Å². The molecule has 2 rings (SSSR count). The molecule has 0 spiro atoms. The number of nitro groups is 1. The molecule has 21 heavy (non-hydrogen) atoms. The van der Waals surface area contributed by atoms with Crippen LogP contribution < -0.4 is 0 Å². The maximum Gasteiger partial charge on any atom is 0.223 e. The van der Waals surface area contributed by atoms with Gasteiger partial charge in [0.1, 0.15) is 5.78 Å². The molecule has 0 saturated heterocycles. The number of hydrogen-bond acceptors (Lipinski definition) is 3. The second kappa shape index (κ2) is 5.64. The summed E-state index contributed by atoms with van der Waals surface area (Å²) in [6, 6.07) is 13.7. The fourth-order valence-electron chi connectivity index (χ4n) is 2.61. The van der Waals surface area contributed by atoms with E-state index in [0.717, 1.165) is 16.3 Å². The van der Waals surface area contributed by atoms with E-state index in [4.69, 9.17) is 0 Å². The van der Waals surface area contributed by atoms with Gasteiger partial charge in [-0.25, -0.2) is 0 Å². The van der Waals surface area contributed by atoms with Gasteiger partial charge in [0.05, 0.1) is 5.92 Å². The van der Waals surface area contributed by atoms with Gasteiger partial charge in [-0.05, 0) is 23.3 Å². The predicted molar refractivity (Wildman–Crippen MR) is 83.1 cm³/mol. The van der Waals surface area contributed by atoms with Gasteiger partial charge in [0.2, 0.25) is 5.54 Å². The zero-order valence-electron chi connectivity index (χ0n) is 12.5. The van der Waals surface area contributed by atoms with Crippen LogP contribution in [0.5, 0.6) is 0 Å². The van der Waals surface area contributed by atoms with Gasteiger partial charge in [-0.2, -0.15) is 0 Å². The first-order valence-electron chi connectivity index (χ1n) is 6.95. The number of ketones is 1. The van der Waals surface area contributed by atoms with Crippen LogP contribution in [0.3, 0.4) is 0 Å². The van der Waals surface area contributed by atoms with E-state index in [2.05, 4.69) is 0 Å². The molecule has 0 radical (unpaired) electrons. The number of hydrogen-bond donors (Lipinski definition) is 0. The molecule has 1 unspecified atom stereocenters. The Kier molecular flexibility index (Phi) is 4.07. The third-order valence-electron chi connectivity index (χ3n) is 3.99. The molecule has 0 aliphatic rings. The molecule has 0 amide bonds. The zero-order valence-corrected chi connectivity index (χ0v) is 12.5. The summed E-state index contributed by atoms with van der Waals surface area (Å²) < 4.78 is 0. The highest BCUT2D eigenvalue weighted by Gasteiger charge is 2.42. The molecule has 0 aromatic heterocycles. The van der Waals surface area contributed by atoms with Crippen molar-refractivity contribution in [2.24, 2.45) is 0 Å². The summed E-state index contributed by atoms with van der Waals surface area (Å²) in [4.78, 5) is 22.6. The van der Waals surface area contributed by atoms with Crippen LogP contribution in [0.25, 0.3) is 10.8 Å². The average molecular weight is 285 g/mol. The lowest BCUT2D eigenvalue weighted by Crippen LogP contribution is -2.39. The molecule has 0 bridgehead atoms. The first-order chi connectivity index (χ1) is 9.82. The van der Waals surface area contributed by atoms with Gasteiger partial charge in [0.25, 0.3) is 0 Å². The highest BCUT2D eigenvalue weighted by molar-refractivity contribution is 5.83. The Morgan fingerprint density at radius 1 is 1.19 bits per heavy atom. The van der Waals surface area contributed by atoms with Gasteiger partial charge >= 0.3 is 0 Å². The van der Waals surface area contributed by atoms with Crippen molar-refractivity contribution in [3.8, 4) is 0 Å². The van der Waals surface area contributed by atoms with Gasteiger partial charge in [-0.3, -0.25) is 10.1 Å². The largest absolute Gasteiger partial charge is 0.300 e. The average Bonchev–Trinajstić information content (AvgIpc) is 2.43. The Labute approximate surface area is 123 Å². The summed E-state index contributed by atoms with van der Waals surface area (Å²) in [6.07, 6.45) is 0.173. The standard InChI is InChI=1S/C17H19NO3/c1-12(19)10-16(17(2,3)18(20)21)15-9-8-13-6-4-5-7-14(13)11-15/h4-9,11,16H,10H2,1-3H3. The van der Waals surface area contributed by atoms with Crippen molar-refractivity contribution in [3.05, 3.63) is 58.1 Å². The molecule has 4 heteroatoms. The molecule has 2 aromatic rings. The minimum absolute atomic E-state index is 0.0388. The van der Waals surface area contributed by atoms with E-state index >= 15 is 0 Å². The molecule has 0 heterocycles. The van der Waals surface area contributed by atoms with Crippen molar-refractivity contribution in [3.63, 3.8) is 0 Å². The Balaban J connectivity index is 2.52. The summed E-state index contributed by atoms with van der Waals surface area (Å²) in [5.74, 6) is -0.474. The van der Waals surface area contributed by atoms with E-state index in [1.807, 2.05) is 42.5 Å². The predicted octanol–water partition coefficient (Wildman–Crippen LogP) is 3.96. The highest BCUT2D eigenvalue weighted by atomic mass is 16.6. The fourth-order valence-corrected chi connectivity index (χ4v) is 2.61. The van der Waals surface area contributed by atoms with E-state index in [1.165, 1.54) is 6.92 Å². The Morgan fingerprint density at radius 2 is 1.81 bits per heavy atom. The van der Waals surface area contributed by atoms with Gasteiger partial charge in [-0.1, -0.05) is 42.5 Å². The molecule has 0 aliphatic heterocycles.